The molecule has 0 heterocycles. The summed E-state index contributed by atoms with van der Waals surface area (Å²) in [7, 11) is 0. The van der Waals surface area contributed by atoms with Crippen molar-refractivity contribution in [3.63, 3.8) is 0 Å². The van der Waals surface area contributed by atoms with Gasteiger partial charge in [-0.05, 0) is 128 Å². The normalized spacial score (nSPS) is 12.9. The number of ether oxygens (including phenoxy) is 3. The quantitative estimate of drug-likeness (QED) is 0.0261. The van der Waals surface area contributed by atoms with Crippen LogP contribution in [0.2, 0.25) is 0 Å². The highest BCUT2D eigenvalue weighted by Crippen LogP contribution is 2.15. The van der Waals surface area contributed by atoms with E-state index in [9.17, 15) is 14.4 Å². The van der Waals surface area contributed by atoms with Gasteiger partial charge in [-0.25, -0.2) is 0 Å². The lowest BCUT2D eigenvalue weighted by atomic mass is 10.1. The molecule has 0 aromatic heterocycles. The highest BCUT2D eigenvalue weighted by Gasteiger charge is 2.19. The second-order valence-corrected chi connectivity index (χ2v) is 21.3. The molecule has 0 amide bonds. The number of hydrogen-bond acceptors (Lipinski definition) is 6. The lowest BCUT2D eigenvalue weighted by Crippen LogP contribution is -2.30. The van der Waals surface area contributed by atoms with Gasteiger partial charge >= 0.3 is 17.9 Å². The van der Waals surface area contributed by atoms with E-state index >= 15 is 0 Å². The smallest absolute Gasteiger partial charge is 0.306 e. The zero-order valence-corrected chi connectivity index (χ0v) is 50.9. The number of carbonyl (C=O) groups is 3. The molecule has 0 aliphatic carbocycles. The first kappa shape index (κ1) is 73.8. The number of hydrogen-bond donors (Lipinski definition) is 0. The maximum atomic E-state index is 12.9. The summed E-state index contributed by atoms with van der Waals surface area (Å²) in [5, 5.41) is 0. The number of esters is 3. The first-order valence-corrected chi connectivity index (χ1v) is 32.5. The molecule has 6 nitrogen and oxygen atoms in total. The predicted molar refractivity (Wildman–Crippen MR) is 339 cm³/mol. The Hall–Kier alpha value is -4.19. The third-order valence-electron chi connectivity index (χ3n) is 13.7. The summed E-state index contributed by atoms with van der Waals surface area (Å²) in [5.41, 5.74) is 0. The maximum Gasteiger partial charge on any atom is 0.306 e. The third kappa shape index (κ3) is 62.7. The van der Waals surface area contributed by atoms with Crippen molar-refractivity contribution < 1.29 is 28.6 Å². The molecule has 6 heteroatoms. The van der Waals surface area contributed by atoms with Crippen molar-refractivity contribution >= 4 is 17.9 Å². The molecule has 0 fully saturated rings. The molecule has 1 atom stereocenters. The van der Waals surface area contributed by atoms with Crippen LogP contribution in [0.1, 0.15) is 297 Å². The van der Waals surface area contributed by atoms with Crippen LogP contribution in [0.15, 0.2) is 122 Å². The van der Waals surface area contributed by atoms with E-state index in [-0.39, 0.29) is 31.1 Å². The van der Waals surface area contributed by atoms with Crippen LogP contribution >= 0.6 is 0 Å². The molecule has 0 N–H and O–H groups in total. The van der Waals surface area contributed by atoms with E-state index in [4.69, 9.17) is 14.2 Å². The summed E-state index contributed by atoms with van der Waals surface area (Å²) in [4.78, 5) is 38.4. The molecular weight excluding hydrogens is 961 g/mol. The van der Waals surface area contributed by atoms with Gasteiger partial charge in [0.15, 0.2) is 6.10 Å². The minimum Gasteiger partial charge on any atom is -0.462 e. The van der Waals surface area contributed by atoms with Crippen molar-refractivity contribution in [3.8, 4) is 0 Å². The van der Waals surface area contributed by atoms with E-state index in [1.165, 1.54) is 122 Å². The standard InChI is InChI=1S/C72H120O6/c1-4-7-10-13-16-19-22-25-28-31-32-33-34-35-36-37-38-39-40-42-44-47-50-53-56-59-62-65-71(74)77-68-69(67-76-70(73)64-61-58-55-52-49-46-43-30-27-24-21-18-15-12-9-6-3)78-72(75)66-63-60-57-54-51-48-45-41-29-26-23-20-17-14-11-8-5-2/h7-8,10-11,16-17,19-20,25-26,28-30,32-33,35-36,38-39,43,69H,4-6,9,12-15,18,21-24,27,31,34,37,40-42,44-68H2,1-3H3/b10-7-,11-8-,19-16-,20-17-,28-25-,29-26-,33-32-,36-35-,39-38-,43-30-. The molecule has 0 radical (unpaired) electrons. The van der Waals surface area contributed by atoms with Crippen LogP contribution in [-0.4, -0.2) is 37.2 Å². The largest absolute Gasteiger partial charge is 0.462 e. The molecule has 0 spiro atoms. The van der Waals surface area contributed by atoms with Gasteiger partial charge in [-0.3, -0.25) is 14.4 Å². The molecule has 0 saturated heterocycles. The second kappa shape index (κ2) is 65.3. The minimum absolute atomic E-state index is 0.0903. The summed E-state index contributed by atoms with van der Waals surface area (Å²) >= 11 is 0. The van der Waals surface area contributed by atoms with E-state index in [1.807, 2.05) is 0 Å². The Morgan fingerprint density at radius 1 is 0.269 bits per heavy atom. The van der Waals surface area contributed by atoms with Crippen LogP contribution in [0.3, 0.4) is 0 Å². The summed E-state index contributed by atoms with van der Waals surface area (Å²) < 4.78 is 16.9. The van der Waals surface area contributed by atoms with E-state index in [1.54, 1.807) is 0 Å². The highest BCUT2D eigenvalue weighted by molar-refractivity contribution is 5.71. The topological polar surface area (TPSA) is 78.9 Å². The molecule has 78 heavy (non-hydrogen) atoms. The predicted octanol–water partition coefficient (Wildman–Crippen LogP) is 22.4. The lowest BCUT2D eigenvalue weighted by molar-refractivity contribution is -0.167. The van der Waals surface area contributed by atoms with Crippen LogP contribution in [0.4, 0.5) is 0 Å². The third-order valence-corrected chi connectivity index (χ3v) is 13.7. The lowest BCUT2D eigenvalue weighted by Gasteiger charge is -2.18. The molecule has 0 aromatic rings. The van der Waals surface area contributed by atoms with Crippen LogP contribution < -0.4 is 0 Å². The summed E-state index contributed by atoms with van der Waals surface area (Å²) in [5.74, 6) is -0.910. The van der Waals surface area contributed by atoms with Gasteiger partial charge in [0, 0.05) is 19.3 Å². The maximum absolute atomic E-state index is 12.9. The number of rotatable bonds is 58. The van der Waals surface area contributed by atoms with Gasteiger partial charge in [0.25, 0.3) is 0 Å². The number of unbranched alkanes of at least 4 members (excludes halogenated alkanes) is 27. The first-order chi connectivity index (χ1) is 38.5. The van der Waals surface area contributed by atoms with Gasteiger partial charge in [0.2, 0.25) is 0 Å². The Labute approximate surface area is 482 Å². The van der Waals surface area contributed by atoms with E-state index in [0.29, 0.717) is 19.3 Å². The van der Waals surface area contributed by atoms with Crippen molar-refractivity contribution in [2.45, 2.75) is 303 Å². The van der Waals surface area contributed by atoms with Gasteiger partial charge in [0.05, 0.1) is 0 Å². The minimum atomic E-state index is -0.795. The van der Waals surface area contributed by atoms with Gasteiger partial charge in [-0.15, -0.1) is 0 Å². The molecular formula is C72H120O6. The molecule has 0 saturated carbocycles. The van der Waals surface area contributed by atoms with E-state index < -0.39 is 6.10 Å². The summed E-state index contributed by atoms with van der Waals surface area (Å²) in [6.07, 6.45) is 90.6. The molecule has 0 aliphatic heterocycles. The van der Waals surface area contributed by atoms with Gasteiger partial charge in [0.1, 0.15) is 13.2 Å². The summed E-state index contributed by atoms with van der Waals surface area (Å²) in [6, 6.07) is 0. The SMILES string of the molecule is CC/C=C\C/C=C\C/C=C\C/C=C\C/C=C\C/C=C\CCCCCCCCCCC(=O)OCC(COC(=O)CCCCCCC/C=C\CCCCCCCCC)OC(=O)CCCCCCCCC/C=C\C/C=C\C/C=C\CC. The molecule has 0 rings (SSSR count). The Morgan fingerprint density at radius 2 is 0.500 bits per heavy atom. The van der Waals surface area contributed by atoms with Crippen molar-refractivity contribution in [2.24, 2.45) is 0 Å². The van der Waals surface area contributed by atoms with Gasteiger partial charge in [-0.1, -0.05) is 271 Å². The fraction of sp³-hybridized carbons (Fsp3) is 0.681. The fourth-order valence-corrected chi connectivity index (χ4v) is 8.87. The molecule has 444 valence electrons. The van der Waals surface area contributed by atoms with Crippen molar-refractivity contribution in [2.75, 3.05) is 13.2 Å². The Morgan fingerprint density at radius 3 is 0.795 bits per heavy atom. The van der Waals surface area contributed by atoms with Crippen molar-refractivity contribution in [1.82, 2.24) is 0 Å². The zero-order chi connectivity index (χ0) is 56.4. The van der Waals surface area contributed by atoms with Crippen LogP contribution in [0.25, 0.3) is 0 Å². The van der Waals surface area contributed by atoms with Crippen LogP contribution in [-0.2, 0) is 28.6 Å². The highest BCUT2D eigenvalue weighted by atomic mass is 16.6. The molecule has 0 bridgehead atoms. The van der Waals surface area contributed by atoms with Crippen LogP contribution in [0.5, 0.6) is 0 Å². The average molecular weight is 1080 g/mol. The van der Waals surface area contributed by atoms with Gasteiger partial charge in [-0.2, -0.15) is 0 Å². The average Bonchev–Trinajstić information content (AvgIpc) is 3.44. The van der Waals surface area contributed by atoms with Crippen LogP contribution in [0, 0.1) is 0 Å². The molecule has 1 unspecified atom stereocenters. The molecule has 0 aliphatic rings. The fourth-order valence-electron chi connectivity index (χ4n) is 8.87. The monoisotopic (exact) mass is 1080 g/mol. The Kier molecular flexibility index (Phi) is 61.8. The first-order valence-electron chi connectivity index (χ1n) is 32.5. The van der Waals surface area contributed by atoms with E-state index in [0.717, 1.165) is 135 Å². The van der Waals surface area contributed by atoms with Crippen molar-refractivity contribution in [1.29, 1.82) is 0 Å². The van der Waals surface area contributed by atoms with Gasteiger partial charge < -0.3 is 14.2 Å². The van der Waals surface area contributed by atoms with Crippen molar-refractivity contribution in [3.05, 3.63) is 122 Å². The summed E-state index contributed by atoms with van der Waals surface area (Å²) in [6.45, 7) is 6.41. The number of carbonyl (C=O) groups excluding carboxylic acids is 3. The second-order valence-electron chi connectivity index (χ2n) is 21.3. The Balaban J connectivity index is 4.38. The molecule has 0 aromatic carbocycles. The Bertz CT molecular complexity index is 1620. The number of allylic oxidation sites excluding steroid dienone is 20. The zero-order valence-electron chi connectivity index (χ0n) is 50.9. The van der Waals surface area contributed by atoms with E-state index in [2.05, 4.69) is 142 Å².